The molecule has 1 aliphatic heterocycles. The first-order valence-corrected chi connectivity index (χ1v) is 9.06. The van der Waals surface area contributed by atoms with E-state index in [1.807, 2.05) is 0 Å². The zero-order chi connectivity index (χ0) is 19.8. The highest BCUT2D eigenvalue weighted by Crippen LogP contribution is 2.38. The predicted molar refractivity (Wildman–Crippen MR) is 95.9 cm³/mol. The number of halogens is 2. The third-order valence-electron chi connectivity index (χ3n) is 4.77. The van der Waals surface area contributed by atoms with Crippen molar-refractivity contribution in [1.82, 2.24) is 15.6 Å². The quantitative estimate of drug-likeness (QED) is 0.588. The molecule has 1 unspecified atom stereocenters. The minimum atomic E-state index is -2.70. The molecule has 7 nitrogen and oxygen atoms in total. The Kier molecular flexibility index (Phi) is 5.27. The molecular formula is C18H26F2N4O3. The second-order valence-corrected chi connectivity index (χ2v) is 7.78. The fraction of sp³-hybridized carbons (Fsp3) is 0.667. The van der Waals surface area contributed by atoms with Gasteiger partial charge in [-0.1, -0.05) is 0 Å². The molecule has 1 aromatic rings. The van der Waals surface area contributed by atoms with Crippen molar-refractivity contribution in [3.63, 3.8) is 0 Å². The van der Waals surface area contributed by atoms with Crippen LogP contribution in [0.4, 0.5) is 14.5 Å². The lowest BCUT2D eigenvalue weighted by Crippen LogP contribution is -2.56. The number of hydrogen-bond acceptors (Lipinski definition) is 6. The topological polar surface area (TPSA) is 86.7 Å². The van der Waals surface area contributed by atoms with Crippen LogP contribution in [-0.2, 0) is 4.79 Å². The van der Waals surface area contributed by atoms with Crippen molar-refractivity contribution in [2.75, 3.05) is 31.6 Å². The molecule has 2 heterocycles. The van der Waals surface area contributed by atoms with Crippen molar-refractivity contribution < 1.29 is 23.4 Å². The Morgan fingerprint density at radius 1 is 1.44 bits per heavy atom. The van der Waals surface area contributed by atoms with Crippen molar-refractivity contribution in [3.8, 4) is 5.88 Å². The van der Waals surface area contributed by atoms with Crippen LogP contribution >= 0.6 is 0 Å². The Morgan fingerprint density at radius 3 is 2.67 bits per heavy atom. The van der Waals surface area contributed by atoms with Crippen LogP contribution in [-0.4, -0.2) is 54.2 Å². The van der Waals surface area contributed by atoms with E-state index in [1.165, 1.54) is 11.9 Å². The molecule has 3 N–H and O–H groups in total. The third-order valence-corrected chi connectivity index (χ3v) is 4.77. The monoisotopic (exact) mass is 384 g/mol. The summed E-state index contributed by atoms with van der Waals surface area (Å²) >= 11 is 0. The molecule has 0 bridgehead atoms. The number of carbonyl (C=O) groups is 1. The van der Waals surface area contributed by atoms with E-state index in [0.29, 0.717) is 18.2 Å². The Labute approximate surface area is 157 Å². The van der Waals surface area contributed by atoms with Gasteiger partial charge in [-0.25, -0.2) is 13.8 Å². The minimum absolute atomic E-state index is 0.230. The summed E-state index contributed by atoms with van der Waals surface area (Å²) in [6.07, 6.45) is 0.954. The van der Waals surface area contributed by atoms with Crippen molar-refractivity contribution in [3.05, 3.63) is 17.8 Å². The van der Waals surface area contributed by atoms with Crippen LogP contribution in [0.5, 0.6) is 5.88 Å². The fourth-order valence-electron chi connectivity index (χ4n) is 2.90. The van der Waals surface area contributed by atoms with Gasteiger partial charge in [0.25, 0.3) is 5.92 Å². The van der Waals surface area contributed by atoms with Crippen molar-refractivity contribution in [2.24, 2.45) is 5.92 Å². The van der Waals surface area contributed by atoms with Gasteiger partial charge in [0.05, 0.1) is 30.9 Å². The summed E-state index contributed by atoms with van der Waals surface area (Å²) in [5.74, 6) is -2.29. The molecule has 150 valence electrons. The number of anilines is 1. The number of rotatable bonds is 8. The van der Waals surface area contributed by atoms with E-state index in [9.17, 15) is 18.7 Å². The Hall–Kier alpha value is -2.00. The van der Waals surface area contributed by atoms with Crippen LogP contribution in [0.2, 0.25) is 0 Å². The number of aromatic nitrogens is 1. The summed E-state index contributed by atoms with van der Waals surface area (Å²) in [5, 5.41) is 15.8. The van der Waals surface area contributed by atoms with Gasteiger partial charge in [0.1, 0.15) is 11.9 Å². The molecule has 1 saturated carbocycles. The van der Waals surface area contributed by atoms with Gasteiger partial charge >= 0.3 is 0 Å². The minimum Gasteiger partial charge on any atom is -0.476 e. The smallest absolute Gasteiger partial charge is 0.282 e. The molecule has 0 radical (unpaired) electrons. The number of pyridine rings is 1. The first kappa shape index (κ1) is 19.8. The number of amides is 1. The number of nitrogens with zero attached hydrogens (tertiary/aromatic N) is 2. The van der Waals surface area contributed by atoms with Gasteiger partial charge in [-0.3, -0.25) is 10.1 Å². The van der Waals surface area contributed by atoms with Crippen molar-refractivity contribution >= 4 is 11.6 Å². The lowest BCUT2D eigenvalue weighted by molar-refractivity contribution is -0.127. The maximum absolute atomic E-state index is 13.2. The average molecular weight is 384 g/mol. The van der Waals surface area contributed by atoms with Gasteiger partial charge in [0, 0.05) is 7.05 Å². The first-order chi connectivity index (χ1) is 12.6. The van der Waals surface area contributed by atoms with Gasteiger partial charge < -0.3 is 20.1 Å². The van der Waals surface area contributed by atoms with Gasteiger partial charge in [0.15, 0.2) is 0 Å². The number of nitrogens with one attached hydrogen (secondary N) is 2. The Morgan fingerprint density at radius 2 is 2.11 bits per heavy atom. The molecule has 3 rings (SSSR count). The molecule has 0 aromatic carbocycles. The molecule has 2 aliphatic rings. The molecular weight excluding hydrogens is 358 g/mol. The lowest BCUT2D eigenvalue weighted by atomic mass is 10.0. The summed E-state index contributed by atoms with van der Waals surface area (Å²) in [6.45, 7) is 2.99. The first-order valence-electron chi connectivity index (χ1n) is 9.06. The Balaban J connectivity index is 1.77. The number of likely N-dealkylation sites (N-methyl/N-ethyl adjacent to an activating group) is 1. The van der Waals surface area contributed by atoms with E-state index >= 15 is 0 Å². The summed E-state index contributed by atoms with van der Waals surface area (Å²) in [7, 11) is 1.51. The van der Waals surface area contributed by atoms with Crippen LogP contribution in [0.25, 0.3) is 0 Å². The maximum Gasteiger partial charge on any atom is 0.282 e. The molecule has 0 spiro atoms. The van der Waals surface area contributed by atoms with E-state index in [0.717, 1.165) is 12.8 Å². The van der Waals surface area contributed by atoms with E-state index < -0.39 is 17.7 Å². The standard InChI is InChI=1S/C18H26F2N4O3/c1-17(2,16(26)21-3)23-14(25)12-6-7-13(24-9-18(19,20)10-24)15(22-12)27-8-11-4-5-11/h6-7,11,14,23,25H,4-5,8-10H2,1-3H3,(H,21,26). The van der Waals surface area contributed by atoms with Gasteiger partial charge in [-0.15, -0.1) is 0 Å². The normalized spacial score (nSPS) is 20.0. The van der Waals surface area contributed by atoms with Crippen molar-refractivity contribution in [1.29, 1.82) is 0 Å². The molecule has 1 amide bonds. The molecule has 9 heteroatoms. The van der Waals surface area contributed by atoms with Gasteiger partial charge in [0.2, 0.25) is 11.8 Å². The zero-order valence-electron chi connectivity index (χ0n) is 15.8. The highest BCUT2D eigenvalue weighted by Gasteiger charge is 2.45. The van der Waals surface area contributed by atoms with E-state index in [2.05, 4.69) is 15.6 Å². The fourth-order valence-corrected chi connectivity index (χ4v) is 2.90. The lowest BCUT2D eigenvalue weighted by Gasteiger charge is -2.40. The number of carbonyl (C=O) groups excluding carboxylic acids is 1. The number of ether oxygens (including phenoxy) is 1. The molecule has 1 atom stereocenters. The second kappa shape index (κ2) is 7.20. The third kappa shape index (κ3) is 4.65. The highest BCUT2D eigenvalue weighted by molar-refractivity contribution is 5.85. The molecule has 1 aliphatic carbocycles. The SMILES string of the molecule is CNC(=O)C(C)(C)NC(O)c1ccc(N2CC(F)(F)C2)c(OCC2CC2)n1. The molecule has 1 aromatic heterocycles. The molecule has 27 heavy (non-hydrogen) atoms. The van der Waals surface area contributed by atoms with Gasteiger partial charge in [-0.05, 0) is 44.7 Å². The van der Waals surface area contributed by atoms with Crippen LogP contribution in [0.1, 0.15) is 38.6 Å². The summed E-state index contributed by atoms with van der Waals surface area (Å²) in [5.41, 5.74) is -0.278. The van der Waals surface area contributed by atoms with E-state index in [4.69, 9.17) is 4.74 Å². The van der Waals surface area contributed by atoms with Gasteiger partial charge in [-0.2, -0.15) is 0 Å². The number of aliphatic hydroxyl groups is 1. The number of aliphatic hydroxyl groups excluding tert-OH is 1. The number of alkyl halides is 2. The predicted octanol–water partition coefficient (Wildman–Crippen LogP) is 1.43. The molecule has 1 saturated heterocycles. The van der Waals surface area contributed by atoms with Crippen molar-refractivity contribution in [2.45, 2.75) is 44.4 Å². The van der Waals surface area contributed by atoms with E-state index in [1.54, 1.807) is 26.0 Å². The van der Waals surface area contributed by atoms with Crippen LogP contribution in [0.3, 0.4) is 0 Å². The summed E-state index contributed by atoms with van der Waals surface area (Å²) in [6, 6.07) is 3.17. The number of hydrogen-bond donors (Lipinski definition) is 3. The Bertz CT molecular complexity index is 702. The largest absolute Gasteiger partial charge is 0.476 e. The zero-order valence-corrected chi connectivity index (χ0v) is 15.8. The van der Waals surface area contributed by atoms with Crippen LogP contribution in [0.15, 0.2) is 12.1 Å². The van der Waals surface area contributed by atoms with E-state index in [-0.39, 0.29) is 30.6 Å². The molecule has 2 fully saturated rings. The van der Waals surface area contributed by atoms with Crippen LogP contribution in [0, 0.1) is 5.92 Å². The average Bonchev–Trinajstić information content (AvgIpc) is 3.40. The summed E-state index contributed by atoms with van der Waals surface area (Å²) < 4.78 is 32.2. The summed E-state index contributed by atoms with van der Waals surface area (Å²) in [4.78, 5) is 17.7. The second-order valence-electron chi connectivity index (χ2n) is 7.78. The van der Waals surface area contributed by atoms with Crippen LogP contribution < -0.4 is 20.3 Å². The highest BCUT2D eigenvalue weighted by atomic mass is 19.3. The maximum atomic E-state index is 13.2.